The molecular formula is C45H54N8O6S. The van der Waals surface area contributed by atoms with Gasteiger partial charge < -0.3 is 24.1 Å². The van der Waals surface area contributed by atoms with Gasteiger partial charge in [-0.2, -0.15) is 0 Å². The SMILES string of the molecule is CCO[C@@H]1c2nc(cs2)-c2ccc3c(c2)c(c(-c2cccnc2[C@H](C)OC)n3CC)CC(C)(C)COC(=O)[C@@H]2CCCN(N2)C(=O)[C@H]1NC(=O)[C@@H]1[C@@H](C)[C@H]1c1ncccn1. The topological polar surface area (TPSA) is 163 Å². The summed E-state index contributed by atoms with van der Waals surface area (Å²) < 4.78 is 20.6. The van der Waals surface area contributed by atoms with Crippen LogP contribution in [0.4, 0.5) is 0 Å². The van der Waals surface area contributed by atoms with Gasteiger partial charge in [-0.1, -0.05) is 26.8 Å². The number of rotatable bonds is 9. The minimum atomic E-state index is -1.15. The normalized spacial score (nSPS) is 24.8. The Balaban J connectivity index is 1.25. The van der Waals surface area contributed by atoms with Gasteiger partial charge in [-0.3, -0.25) is 24.4 Å². The lowest BCUT2D eigenvalue weighted by atomic mass is 9.84. The van der Waals surface area contributed by atoms with Gasteiger partial charge in [0.25, 0.3) is 5.91 Å². The molecule has 14 nitrogen and oxygen atoms in total. The average Bonchev–Trinajstić information content (AvgIpc) is 3.55. The van der Waals surface area contributed by atoms with Crippen molar-refractivity contribution >= 4 is 40.0 Å². The first-order valence-corrected chi connectivity index (χ1v) is 21.8. The summed E-state index contributed by atoms with van der Waals surface area (Å²) in [6.07, 6.45) is 5.61. The molecule has 0 unspecified atom stereocenters. The highest BCUT2D eigenvalue weighted by Crippen LogP contribution is 2.52. The van der Waals surface area contributed by atoms with Crippen LogP contribution in [0.1, 0.15) is 94.6 Å². The number of aromatic nitrogens is 5. The fraction of sp³-hybridized carbons (Fsp3) is 0.489. The molecule has 1 saturated heterocycles. The molecule has 6 heterocycles. The van der Waals surface area contributed by atoms with Crippen molar-refractivity contribution in [3.63, 3.8) is 0 Å². The lowest BCUT2D eigenvalue weighted by Gasteiger charge is -2.37. The van der Waals surface area contributed by atoms with Crippen LogP contribution in [-0.2, 0) is 41.6 Å². The van der Waals surface area contributed by atoms with Crippen LogP contribution in [0.25, 0.3) is 33.4 Å². The molecule has 0 spiro atoms. The Hall–Kier alpha value is -5.09. The number of fused-ring (bicyclic) bond motifs is 6. The van der Waals surface area contributed by atoms with E-state index in [1.165, 1.54) is 16.3 Å². The lowest BCUT2D eigenvalue weighted by Crippen LogP contribution is -2.61. The number of hydrogen-bond acceptors (Lipinski definition) is 12. The summed E-state index contributed by atoms with van der Waals surface area (Å²) in [6, 6.07) is 10.3. The predicted octanol–water partition coefficient (Wildman–Crippen LogP) is 6.58. The molecule has 2 amide bonds. The first-order valence-electron chi connectivity index (χ1n) is 21.0. The number of hydrogen-bond donors (Lipinski definition) is 2. The maximum Gasteiger partial charge on any atom is 0.324 e. The Bertz CT molecular complexity index is 2380. The van der Waals surface area contributed by atoms with Crippen molar-refractivity contribution in [3.05, 3.63) is 82.5 Å². The number of amides is 2. The molecule has 1 aromatic carbocycles. The maximum atomic E-state index is 14.7. The van der Waals surface area contributed by atoms with E-state index in [0.29, 0.717) is 43.2 Å². The summed E-state index contributed by atoms with van der Waals surface area (Å²) in [5.74, 6) is -1.17. The smallest absolute Gasteiger partial charge is 0.324 e. The zero-order valence-corrected chi connectivity index (χ0v) is 36.1. The minimum Gasteiger partial charge on any atom is -0.464 e. The molecule has 0 radical (unpaired) electrons. The van der Waals surface area contributed by atoms with Crippen molar-refractivity contribution in [1.82, 2.24) is 40.3 Å². The van der Waals surface area contributed by atoms with Gasteiger partial charge in [0.2, 0.25) is 5.91 Å². The number of esters is 1. The van der Waals surface area contributed by atoms with Gasteiger partial charge in [0, 0.05) is 84.1 Å². The monoisotopic (exact) mass is 834 g/mol. The van der Waals surface area contributed by atoms with E-state index in [2.05, 4.69) is 70.3 Å². The number of cyclic esters (lactones) is 1. The molecule has 316 valence electrons. The van der Waals surface area contributed by atoms with Crippen LogP contribution < -0.4 is 10.7 Å². The quantitative estimate of drug-likeness (QED) is 0.154. The van der Waals surface area contributed by atoms with Crippen LogP contribution in [0.15, 0.2) is 60.4 Å². The molecule has 2 aliphatic heterocycles. The number of aryl methyl sites for hydroxylation is 1. The molecular weight excluding hydrogens is 781 g/mol. The number of carbonyl (C=O) groups excluding carboxylic acids is 3. The summed E-state index contributed by atoms with van der Waals surface area (Å²) in [5, 5.41) is 8.12. The fourth-order valence-electron chi connectivity index (χ4n) is 8.93. The Morgan fingerprint density at radius 3 is 2.65 bits per heavy atom. The second-order valence-electron chi connectivity index (χ2n) is 16.8. The van der Waals surface area contributed by atoms with Gasteiger partial charge in [0.05, 0.1) is 35.7 Å². The molecule has 15 heteroatoms. The van der Waals surface area contributed by atoms with E-state index in [4.69, 9.17) is 24.2 Å². The van der Waals surface area contributed by atoms with Gasteiger partial charge in [-0.15, -0.1) is 11.3 Å². The third-order valence-corrected chi connectivity index (χ3v) is 13.1. The summed E-state index contributed by atoms with van der Waals surface area (Å²) in [5.41, 5.74) is 9.35. The maximum absolute atomic E-state index is 14.7. The highest BCUT2D eigenvalue weighted by Gasteiger charge is 2.55. The van der Waals surface area contributed by atoms with E-state index in [1.807, 2.05) is 32.2 Å². The summed E-state index contributed by atoms with van der Waals surface area (Å²) in [4.78, 5) is 61.5. The van der Waals surface area contributed by atoms with Gasteiger partial charge in [0.15, 0.2) is 0 Å². The number of pyridine rings is 1. The molecule has 2 fully saturated rings. The van der Waals surface area contributed by atoms with E-state index in [9.17, 15) is 14.4 Å². The van der Waals surface area contributed by atoms with Gasteiger partial charge in [0.1, 0.15) is 29.0 Å². The Labute approximate surface area is 354 Å². The Kier molecular flexibility index (Phi) is 11.9. The van der Waals surface area contributed by atoms with Gasteiger partial charge in [-0.05, 0) is 81.8 Å². The molecule has 1 aliphatic carbocycles. The fourth-order valence-corrected chi connectivity index (χ4v) is 9.84. The highest BCUT2D eigenvalue weighted by molar-refractivity contribution is 7.10. The van der Waals surface area contributed by atoms with Crippen molar-refractivity contribution in [2.75, 3.05) is 26.9 Å². The molecule has 4 aromatic heterocycles. The van der Waals surface area contributed by atoms with Crippen LogP contribution in [0.2, 0.25) is 0 Å². The van der Waals surface area contributed by atoms with E-state index in [-0.39, 0.29) is 37.1 Å². The Morgan fingerprint density at radius 2 is 1.90 bits per heavy atom. The second kappa shape index (κ2) is 17.1. The molecule has 2 N–H and O–H groups in total. The van der Waals surface area contributed by atoms with Gasteiger partial charge >= 0.3 is 5.97 Å². The number of hydrazine groups is 1. The first-order chi connectivity index (χ1) is 28.9. The van der Waals surface area contributed by atoms with E-state index < -0.39 is 41.4 Å². The number of ether oxygens (including phenoxy) is 3. The van der Waals surface area contributed by atoms with E-state index >= 15 is 0 Å². The number of thiazole rings is 1. The zero-order chi connectivity index (χ0) is 42.3. The van der Waals surface area contributed by atoms with Crippen molar-refractivity contribution in [1.29, 1.82) is 0 Å². The number of nitrogens with one attached hydrogen (secondary N) is 2. The molecule has 60 heavy (non-hydrogen) atoms. The minimum absolute atomic E-state index is 0.0220. The van der Waals surface area contributed by atoms with Crippen LogP contribution >= 0.6 is 11.3 Å². The number of methoxy groups -OCH3 is 1. The number of nitrogens with zero attached hydrogens (tertiary/aromatic N) is 6. The highest BCUT2D eigenvalue weighted by atomic mass is 32.1. The zero-order valence-electron chi connectivity index (χ0n) is 35.3. The molecule has 5 aromatic rings. The number of benzene rings is 1. The standard InChI is InChI=1S/C45H54N8O6S/c1-8-52-33-16-15-27-21-29(33)30(38(52)28-13-10-17-46-36(28)26(4)57-7)22-45(5,6)24-59-44(56)31-14-11-20-53(51-31)43(55)37(39(58-9-2)42-49-32(27)23-60-42)50-41(54)35-25(3)34(35)40-47-18-12-19-48-40/h10,12-13,15-19,21,23,25-26,31,34-35,37,39,51H,8-9,11,14,20,22,24H2,1-7H3,(H,50,54)/t25-,26-,31-,34+,35+,37-,39-/m0/s1. The van der Waals surface area contributed by atoms with Crippen LogP contribution in [-0.4, -0.2) is 86.2 Å². The molecule has 3 aliphatic rings. The Morgan fingerprint density at radius 1 is 1.12 bits per heavy atom. The van der Waals surface area contributed by atoms with Crippen LogP contribution in [0.5, 0.6) is 0 Å². The van der Waals surface area contributed by atoms with E-state index in [0.717, 1.165) is 44.7 Å². The molecule has 6 bridgehead atoms. The van der Waals surface area contributed by atoms with Crippen molar-refractivity contribution in [2.24, 2.45) is 17.3 Å². The van der Waals surface area contributed by atoms with Crippen molar-refractivity contribution in [3.8, 4) is 22.5 Å². The molecule has 7 atom stereocenters. The predicted molar refractivity (Wildman–Crippen MR) is 227 cm³/mol. The van der Waals surface area contributed by atoms with Crippen molar-refractivity contribution in [2.45, 2.75) is 97.6 Å². The second-order valence-corrected chi connectivity index (χ2v) is 17.7. The summed E-state index contributed by atoms with van der Waals surface area (Å²) in [6.45, 7) is 13.7. The molecule has 8 rings (SSSR count). The summed E-state index contributed by atoms with van der Waals surface area (Å²) >= 11 is 1.39. The third kappa shape index (κ3) is 7.95. The first kappa shape index (κ1) is 41.6. The average molecular weight is 835 g/mol. The lowest BCUT2D eigenvalue weighted by molar-refractivity contribution is -0.156. The van der Waals surface area contributed by atoms with Crippen LogP contribution in [0, 0.1) is 17.3 Å². The van der Waals surface area contributed by atoms with Crippen LogP contribution in [0.3, 0.4) is 0 Å². The van der Waals surface area contributed by atoms with E-state index in [1.54, 1.807) is 31.8 Å². The van der Waals surface area contributed by atoms with Crippen molar-refractivity contribution < 1.29 is 28.6 Å². The summed E-state index contributed by atoms with van der Waals surface area (Å²) in [7, 11) is 1.69. The number of carbonyl (C=O) groups is 3. The van der Waals surface area contributed by atoms with Gasteiger partial charge in [-0.25, -0.2) is 20.4 Å². The molecule has 1 saturated carbocycles. The largest absolute Gasteiger partial charge is 0.464 e. The third-order valence-electron chi connectivity index (χ3n) is 12.2.